The fourth-order valence-corrected chi connectivity index (χ4v) is 3.37. The largest absolute Gasteiger partial charge is 0.497 e. The van der Waals surface area contributed by atoms with Crippen molar-refractivity contribution in [2.75, 3.05) is 13.7 Å². The van der Waals surface area contributed by atoms with Crippen molar-refractivity contribution in [3.8, 4) is 11.5 Å². The standard InChI is InChI=1S/C21H25NO3/c1-16(25-20-12-10-19(24-2)11-13-20)21(23)22-14-6-9-18(22)15-17-7-4-3-5-8-17/h3-5,7-8,10-13,16,18H,6,9,14-15H2,1-2H3. The Morgan fingerprint density at radius 1 is 1.12 bits per heavy atom. The summed E-state index contributed by atoms with van der Waals surface area (Å²) < 4.78 is 11.0. The summed E-state index contributed by atoms with van der Waals surface area (Å²) in [7, 11) is 1.63. The van der Waals surface area contributed by atoms with Crippen molar-refractivity contribution >= 4 is 5.91 Å². The van der Waals surface area contributed by atoms with E-state index in [1.54, 1.807) is 7.11 Å². The Morgan fingerprint density at radius 2 is 1.80 bits per heavy atom. The summed E-state index contributed by atoms with van der Waals surface area (Å²) in [6, 6.07) is 17.9. The molecule has 0 bridgehead atoms. The number of likely N-dealkylation sites (tertiary alicyclic amines) is 1. The minimum atomic E-state index is -0.496. The van der Waals surface area contributed by atoms with Crippen molar-refractivity contribution in [3.05, 3.63) is 60.2 Å². The smallest absolute Gasteiger partial charge is 0.263 e. The number of rotatable bonds is 6. The van der Waals surface area contributed by atoms with Crippen molar-refractivity contribution < 1.29 is 14.3 Å². The van der Waals surface area contributed by atoms with Crippen LogP contribution in [-0.4, -0.2) is 36.6 Å². The third-order valence-electron chi connectivity index (χ3n) is 4.69. The van der Waals surface area contributed by atoms with Crippen molar-refractivity contribution in [2.45, 2.75) is 38.3 Å². The summed E-state index contributed by atoms with van der Waals surface area (Å²) in [5.74, 6) is 1.52. The number of carbonyl (C=O) groups excluding carboxylic acids is 1. The average Bonchev–Trinajstić information content (AvgIpc) is 3.10. The first-order chi connectivity index (χ1) is 12.2. The van der Waals surface area contributed by atoms with Gasteiger partial charge in [0.05, 0.1) is 7.11 Å². The SMILES string of the molecule is COc1ccc(OC(C)C(=O)N2CCCC2Cc2ccccc2)cc1. The highest BCUT2D eigenvalue weighted by atomic mass is 16.5. The number of nitrogens with zero attached hydrogens (tertiary/aromatic N) is 1. The topological polar surface area (TPSA) is 38.8 Å². The third kappa shape index (κ3) is 4.32. The van der Waals surface area contributed by atoms with Gasteiger partial charge in [-0.25, -0.2) is 0 Å². The number of methoxy groups -OCH3 is 1. The molecule has 2 aromatic carbocycles. The summed E-state index contributed by atoms with van der Waals surface area (Å²) in [5.41, 5.74) is 1.27. The number of amides is 1. The minimum Gasteiger partial charge on any atom is -0.497 e. The van der Waals surface area contributed by atoms with E-state index in [0.29, 0.717) is 5.75 Å². The van der Waals surface area contributed by atoms with Crippen LogP contribution in [0.2, 0.25) is 0 Å². The van der Waals surface area contributed by atoms with Gasteiger partial charge >= 0.3 is 0 Å². The highest BCUT2D eigenvalue weighted by Crippen LogP contribution is 2.24. The van der Waals surface area contributed by atoms with Gasteiger partial charge in [-0.2, -0.15) is 0 Å². The number of hydrogen-bond acceptors (Lipinski definition) is 3. The first kappa shape index (κ1) is 17.3. The molecule has 0 saturated carbocycles. The van der Waals surface area contributed by atoms with E-state index >= 15 is 0 Å². The summed E-state index contributed by atoms with van der Waals surface area (Å²) in [6.45, 7) is 2.64. The quantitative estimate of drug-likeness (QED) is 0.805. The predicted octanol–water partition coefficient (Wildman–Crippen LogP) is 3.70. The molecule has 0 aromatic heterocycles. The van der Waals surface area contributed by atoms with E-state index in [-0.39, 0.29) is 11.9 Å². The molecular weight excluding hydrogens is 314 g/mol. The summed E-state index contributed by atoms with van der Waals surface area (Å²) in [4.78, 5) is 14.8. The van der Waals surface area contributed by atoms with Crippen LogP contribution in [0.3, 0.4) is 0 Å². The molecule has 1 fully saturated rings. The molecule has 1 heterocycles. The molecule has 1 aliphatic heterocycles. The van der Waals surface area contributed by atoms with E-state index in [2.05, 4.69) is 12.1 Å². The first-order valence-electron chi connectivity index (χ1n) is 8.82. The zero-order chi connectivity index (χ0) is 17.6. The van der Waals surface area contributed by atoms with Gasteiger partial charge in [-0.15, -0.1) is 0 Å². The van der Waals surface area contributed by atoms with Gasteiger partial charge in [-0.05, 0) is 56.0 Å². The molecule has 1 saturated heterocycles. The van der Waals surface area contributed by atoms with Gasteiger partial charge < -0.3 is 14.4 Å². The highest BCUT2D eigenvalue weighted by Gasteiger charge is 2.32. The summed E-state index contributed by atoms with van der Waals surface area (Å²) in [5, 5.41) is 0. The van der Waals surface area contributed by atoms with Gasteiger partial charge in [0.25, 0.3) is 5.91 Å². The molecule has 1 amide bonds. The first-order valence-corrected chi connectivity index (χ1v) is 8.82. The van der Waals surface area contributed by atoms with Gasteiger partial charge in [0.2, 0.25) is 0 Å². The Morgan fingerprint density at radius 3 is 2.48 bits per heavy atom. The number of carbonyl (C=O) groups is 1. The molecule has 0 N–H and O–H groups in total. The van der Waals surface area contributed by atoms with Crippen LogP contribution in [0.4, 0.5) is 0 Å². The molecule has 4 nitrogen and oxygen atoms in total. The number of benzene rings is 2. The van der Waals surface area contributed by atoms with Crippen LogP contribution in [0, 0.1) is 0 Å². The van der Waals surface area contributed by atoms with Crippen LogP contribution in [0.25, 0.3) is 0 Å². The fraction of sp³-hybridized carbons (Fsp3) is 0.381. The normalized spacial score (nSPS) is 18.0. The molecule has 0 aliphatic carbocycles. The Bertz CT molecular complexity index is 684. The maximum absolute atomic E-state index is 12.8. The molecule has 1 aliphatic rings. The molecule has 2 aromatic rings. The maximum atomic E-state index is 12.8. The Kier molecular flexibility index (Phi) is 5.59. The molecule has 4 heteroatoms. The molecule has 2 unspecified atom stereocenters. The van der Waals surface area contributed by atoms with E-state index in [9.17, 15) is 4.79 Å². The minimum absolute atomic E-state index is 0.0641. The molecule has 25 heavy (non-hydrogen) atoms. The van der Waals surface area contributed by atoms with Gasteiger partial charge in [0.15, 0.2) is 6.10 Å². The predicted molar refractivity (Wildman–Crippen MR) is 98.0 cm³/mol. The van der Waals surface area contributed by atoms with Crippen molar-refractivity contribution in [1.82, 2.24) is 4.90 Å². The Balaban J connectivity index is 1.61. The van der Waals surface area contributed by atoms with Crippen molar-refractivity contribution in [2.24, 2.45) is 0 Å². The monoisotopic (exact) mass is 339 g/mol. The lowest BCUT2D eigenvalue weighted by Gasteiger charge is -2.28. The molecule has 132 valence electrons. The zero-order valence-electron chi connectivity index (χ0n) is 14.9. The van der Waals surface area contributed by atoms with Crippen molar-refractivity contribution in [1.29, 1.82) is 0 Å². The van der Waals surface area contributed by atoms with Gasteiger partial charge in [-0.3, -0.25) is 4.79 Å². The van der Waals surface area contributed by atoms with Crippen LogP contribution in [0.5, 0.6) is 11.5 Å². The van der Waals surface area contributed by atoms with E-state index in [0.717, 1.165) is 31.6 Å². The van der Waals surface area contributed by atoms with Gasteiger partial charge in [-0.1, -0.05) is 30.3 Å². The van der Waals surface area contributed by atoms with Crippen LogP contribution >= 0.6 is 0 Å². The highest BCUT2D eigenvalue weighted by molar-refractivity contribution is 5.81. The Hall–Kier alpha value is -2.49. The average molecular weight is 339 g/mol. The fourth-order valence-electron chi connectivity index (χ4n) is 3.37. The van der Waals surface area contributed by atoms with E-state index in [1.165, 1.54) is 5.56 Å². The second-order valence-corrected chi connectivity index (χ2v) is 6.45. The van der Waals surface area contributed by atoms with E-state index < -0.39 is 6.10 Å². The van der Waals surface area contributed by atoms with Crippen LogP contribution in [0.15, 0.2) is 54.6 Å². The van der Waals surface area contributed by atoms with Gasteiger partial charge in [0, 0.05) is 12.6 Å². The molecule has 0 spiro atoms. The molecule has 2 atom stereocenters. The van der Waals surface area contributed by atoms with Crippen molar-refractivity contribution in [3.63, 3.8) is 0 Å². The maximum Gasteiger partial charge on any atom is 0.263 e. The third-order valence-corrected chi connectivity index (χ3v) is 4.69. The second kappa shape index (κ2) is 8.06. The summed E-state index contributed by atoms with van der Waals surface area (Å²) >= 11 is 0. The number of hydrogen-bond donors (Lipinski definition) is 0. The van der Waals surface area contributed by atoms with E-state index in [1.807, 2.05) is 54.3 Å². The van der Waals surface area contributed by atoms with E-state index in [4.69, 9.17) is 9.47 Å². The molecule has 0 radical (unpaired) electrons. The Labute approximate surface area is 149 Å². The van der Waals surface area contributed by atoms with Crippen LogP contribution in [0.1, 0.15) is 25.3 Å². The summed E-state index contributed by atoms with van der Waals surface area (Å²) in [6.07, 6.45) is 2.51. The lowest BCUT2D eigenvalue weighted by atomic mass is 10.0. The molecular formula is C21H25NO3. The molecule has 3 rings (SSSR count). The van der Waals surface area contributed by atoms with Crippen LogP contribution in [-0.2, 0) is 11.2 Å². The van der Waals surface area contributed by atoms with Gasteiger partial charge in [0.1, 0.15) is 11.5 Å². The zero-order valence-corrected chi connectivity index (χ0v) is 14.9. The van der Waals surface area contributed by atoms with Crippen LogP contribution < -0.4 is 9.47 Å². The second-order valence-electron chi connectivity index (χ2n) is 6.45. The number of ether oxygens (including phenoxy) is 2. The lowest BCUT2D eigenvalue weighted by molar-refractivity contribution is -0.138. The lowest BCUT2D eigenvalue weighted by Crippen LogP contribution is -2.44.